The van der Waals surface area contributed by atoms with E-state index in [1.165, 1.54) is 25.7 Å². The molecule has 0 radical (unpaired) electrons. The number of methoxy groups -OCH3 is 1. The Balaban J connectivity index is 2.27. The average Bonchev–Trinajstić information content (AvgIpc) is 2.64. The zero-order chi connectivity index (χ0) is 12.2. The third-order valence-electron chi connectivity index (χ3n) is 3.99. The minimum atomic E-state index is -0.00478. The highest BCUT2D eigenvalue weighted by Gasteiger charge is 2.26. The monoisotopic (exact) mass is 227 g/mol. The van der Waals surface area contributed by atoms with E-state index in [-0.39, 0.29) is 5.60 Å². The zero-order valence-electron chi connectivity index (χ0n) is 11.7. The van der Waals surface area contributed by atoms with Gasteiger partial charge in [-0.05, 0) is 52.4 Å². The minimum absolute atomic E-state index is 0.00478. The third-order valence-corrected chi connectivity index (χ3v) is 3.99. The molecule has 3 atom stereocenters. The molecule has 16 heavy (non-hydrogen) atoms. The van der Waals surface area contributed by atoms with Gasteiger partial charge in [0.25, 0.3) is 0 Å². The van der Waals surface area contributed by atoms with E-state index in [0.29, 0.717) is 6.04 Å². The second-order valence-corrected chi connectivity index (χ2v) is 6.02. The summed E-state index contributed by atoms with van der Waals surface area (Å²) >= 11 is 0. The van der Waals surface area contributed by atoms with Gasteiger partial charge < -0.3 is 10.1 Å². The first kappa shape index (κ1) is 14.0. The van der Waals surface area contributed by atoms with Crippen LogP contribution in [0.15, 0.2) is 0 Å². The molecule has 0 spiro atoms. The molecule has 0 saturated heterocycles. The first-order chi connectivity index (χ1) is 7.46. The lowest BCUT2D eigenvalue weighted by atomic mass is 9.99. The maximum atomic E-state index is 5.48. The Labute approximate surface area is 101 Å². The van der Waals surface area contributed by atoms with Gasteiger partial charge in [-0.25, -0.2) is 0 Å². The van der Waals surface area contributed by atoms with Crippen LogP contribution in [-0.4, -0.2) is 24.8 Å². The fourth-order valence-corrected chi connectivity index (χ4v) is 2.88. The Hall–Kier alpha value is -0.0800. The second kappa shape index (κ2) is 6.02. The maximum Gasteiger partial charge on any atom is 0.0637 e. The number of rotatable bonds is 6. The molecule has 2 heteroatoms. The Morgan fingerprint density at radius 3 is 2.56 bits per heavy atom. The smallest absolute Gasteiger partial charge is 0.0637 e. The summed E-state index contributed by atoms with van der Waals surface area (Å²) in [5.74, 6) is 0.958. The van der Waals surface area contributed by atoms with Crippen LogP contribution in [0.3, 0.4) is 0 Å². The molecule has 0 aliphatic heterocycles. The van der Waals surface area contributed by atoms with Crippen LogP contribution >= 0.6 is 0 Å². The summed E-state index contributed by atoms with van der Waals surface area (Å²) in [4.78, 5) is 0. The van der Waals surface area contributed by atoms with Crippen LogP contribution < -0.4 is 5.32 Å². The van der Waals surface area contributed by atoms with Gasteiger partial charge in [0.15, 0.2) is 0 Å². The topological polar surface area (TPSA) is 21.3 Å². The molecule has 2 nitrogen and oxygen atoms in total. The van der Waals surface area contributed by atoms with Crippen molar-refractivity contribution < 1.29 is 4.74 Å². The fourth-order valence-electron chi connectivity index (χ4n) is 2.88. The highest BCUT2D eigenvalue weighted by Crippen LogP contribution is 2.28. The van der Waals surface area contributed by atoms with E-state index in [4.69, 9.17) is 4.74 Å². The van der Waals surface area contributed by atoms with E-state index >= 15 is 0 Å². The van der Waals surface area contributed by atoms with Crippen molar-refractivity contribution in [3.05, 3.63) is 0 Å². The van der Waals surface area contributed by atoms with Crippen LogP contribution in [0.5, 0.6) is 0 Å². The van der Waals surface area contributed by atoms with E-state index in [1.54, 1.807) is 7.11 Å². The van der Waals surface area contributed by atoms with Gasteiger partial charge in [0.1, 0.15) is 0 Å². The third kappa shape index (κ3) is 4.42. The molecule has 0 aromatic heterocycles. The van der Waals surface area contributed by atoms with Crippen molar-refractivity contribution in [1.82, 2.24) is 5.32 Å². The van der Waals surface area contributed by atoms with Gasteiger partial charge in [0.05, 0.1) is 5.60 Å². The van der Waals surface area contributed by atoms with Gasteiger partial charge >= 0.3 is 0 Å². The van der Waals surface area contributed by atoms with Crippen molar-refractivity contribution >= 4 is 0 Å². The van der Waals surface area contributed by atoms with Crippen molar-refractivity contribution in [2.45, 2.75) is 77.5 Å². The summed E-state index contributed by atoms with van der Waals surface area (Å²) in [6.45, 7) is 8.91. The summed E-state index contributed by atoms with van der Waals surface area (Å²) in [7, 11) is 1.80. The lowest BCUT2D eigenvalue weighted by molar-refractivity contribution is 0.00771. The fraction of sp³-hybridized carbons (Fsp3) is 1.00. The molecular weight excluding hydrogens is 198 g/mol. The first-order valence-electron chi connectivity index (χ1n) is 6.78. The van der Waals surface area contributed by atoms with E-state index < -0.39 is 0 Å². The SMILES string of the molecule is CCC1CCC(NC(C)CC(C)(C)OC)C1. The highest BCUT2D eigenvalue weighted by atomic mass is 16.5. The normalized spacial score (nSPS) is 28.3. The van der Waals surface area contributed by atoms with Gasteiger partial charge in [-0.1, -0.05) is 13.3 Å². The summed E-state index contributed by atoms with van der Waals surface area (Å²) in [5, 5.41) is 3.75. The average molecular weight is 227 g/mol. The van der Waals surface area contributed by atoms with Gasteiger partial charge in [0.2, 0.25) is 0 Å². The summed E-state index contributed by atoms with van der Waals surface area (Å²) in [6.07, 6.45) is 6.56. The van der Waals surface area contributed by atoms with E-state index in [1.807, 2.05) is 0 Å². The number of nitrogens with one attached hydrogen (secondary N) is 1. The van der Waals surface area contributed by atoms with Gasteiger partial charge in [-0.3, -0.25) is 0 Å². The molecule has 0 heterocycles. The highest BCUT2D eigenvalue weighted by molar-refractivity contribution is 4.84. The number of ether oxygens (including phenoxy) is 1. The zero-order valence-corrected chi connectivity index (χ0v) is 11.7. The Morgan fingerprint density at radius 2 is 2.06 bits per heavy atom. The van der Waals surface area contributed by atoms with Gasteiger partial charge in [-0.2, -0.15) is 0 Å². The molecule has 1 fully saturated rings. The van der Waals surface area contributed by atoms with Crippen molar-refractivity contribution in [2.75, 3.05) is 7.11 Å². The van der Waals surface area contributed by atoms with Crippen LogP contribution in [0.1, 0.15) is 59.8 Å². The van der Waals surface area contributed by atoms with Crippen molar-refractivity contribution in [3.8, 4) is 0 Å². The minimum Gasteiger partial charge on any atom is -0.379 e. The quantitative estimate of drug-likeness (QED) is 0.751. The molecule has 96 valence electrons. The molecule has 1 rings (SSSR count). The van der Waals surface area contributed by atoms with Crippen LogP contribution in [0.2, 0.25) is 0 Å². The van der Waals surface area contributed by atoms with E-state index in [9.17, 15) is 0 Å². The molecule has 0 aromatic rings. The molecular formula is C14H29NO. The lowest BCUT2D eigenvalue weighted by Crippen LogP contribution is -2.40. The Bertz CT molecular complexity index is 203. The van der Waals surface area contributed by atoms with Crippen LogP contribution in [0.4, 0.5) is 0 Å². The van der Waals surface area contributed by atoms with Crippen LogP contribution in [0.25, 0.3) is 0 Å². The van der Waals surface area contributed by atoms with Crippen molar-refractivity contribution in [2.24, 2.45) is 5.92 Å². The van der Waals surface area contributed by atoms with Crippen LogP contribution in [-0.2, 0) is 4.74 Å². The van der Waals surface area contributed by atoms with Gasteiger partial charge in [-0.15, -0.1) is 0 Å². The molecule has 1 saturated carbocycles. The summed E-state index contributed by atoms with van der Waals surface area (Å²) in [6, 6.07) is 1.29. The predicted molar refractivity (Wildman–Crippen MR) is 69.7 cm³/mol. The maximum absolute atomic E-state index is 5.48. The molecule has 1 aliphatic carbocycles. The molecule has 1 N–H and O–H groups in total. The Morgan fingerprint density at radius 1 is 1.38 bits per heavy atom. The standard InChI is InChI=1S/C14H29NO/c1-6-12-7-8-13(9-12)15-11(2)10-14(3,4)16-5/h11-13,15H,6-10H2,1-5H3. The molecule has 1 aliphatic rings. The molecule has 0 amide bonds. The first-order valence-corrected chi connectivity index (χ1v) is 6.78. The van der Waals surface area contributed by atoms with Crippen molar-refractivity contribution in [1.29, 1.82) is 0 Å². The molecule has 0 bridgehead atoms. The lowest BCUT2D eigenvalue weighted by Gasteiger charge is -2.29. The number of hydrogen-bond donors (Lipinski definition) is 1. The van der Waals surface area contributed by atoms with Crippen LogP contribution in [0, 0.1) is 5.92 Å². The van der Waals surface area contributed by atoms with E-state index in [0.717, 1.165) is 18.4 Å². The second-order valence-electron chi connectivity index (χ2n) is 6.02. The van der Waals surface area contributed by atoms with Crippen molar-refractivity contribution in [3.63, 3.8) is 0 Å². The molecule has 0 aromatic carbocycles. The van der Waals surface area contributed by atoms with E-state index in [2.05, 4.69) is 33.0 Å². The van der Waals surface area contributed by atoms with Gasteiger partial charge in [0, 0.05) is 19.2 Å². The predicted octanol–water partition coefficient (Wildman–Crippen LogP) is 3.36. The summed E-state index contributed by atoms with van der Waals surface area (Å²) < 4.78 is 5.48. The Kier molecular flexibility index (Phi) is 5.26. The number of hydrogen-bond acceptors (Lipinski definition) is 2. The summed E-state index contributed by atoms with van der Waals surface area (Å²) in [5.41, 5.74) is -0.00478. The molecule has 3 unspecified atom stereocenters. The largest absolute Gasteiger partial charge is 0.379 e.